The average Bonchev–Trinajstić information content (AvgIpc) is 2.46. The van der Waals surface area contributed by atoms with Crippen LogP contribution < -0.4 is 21.3 Å². The smallest absolute Gasteiger partial charge is 0.262 e. The number of halogens is 2. The van der Waals surface area contributed by atoms with E-state index >= 15 is 0 Å². The first-order valence-corrected chi connectivity index (χ1v) is 7.65. The number of hydrogen-bond acceptors (Lipinski definition) is 5. The van der Waals surface area contributed by atoms with Crippen molar-refractivity contribution in [2.24, 2.45) is 5.73 Å². The zero-order chi connectivity index (χ0) is 16.1. The van der Waals surface area contributed by atoms with Crippen molar-refractivity contribution in [3.8, 4) is 5.75 Å². The normalized spacial score (nSPS) is 10.8. The maximum atomic E-state index is 12.0. The molecule has 0 aliphatic rings. The quantitative estimate of drug-likeness (QED) is 0.616. The number of benzene rings is 1. The van der Waals surface area contributed by atoms with Gasteiger partial charge in [-0.1, -0.05) is 11.6 Å². The van der Waals surface area contributed by atoms with Gasteiger partial charge in [-0.05, 0) is 22.0 Å². The van der Waals surface area contributed by atoms with Crippen LogP contribution in [0.25, 0.3) is 10.9 Å². The lowest BCUT2D eigenvalue weighted by Crippen LogP contribution is -2.26. The van der Waals surface area contributed by atoms with Crippen LogP contribution in [0.4, 0.5) is 0 Å². The minimum atomic E-state index is -0.368. The number of carbonyl (C=O) groups excluding carboxylic acids is 1. The highest BCUT2D eigenvalue weighted by Crippen LogP contribution is 2.36. The Morgan fingerprint density at radius 3 is 3.00 bits per heavy atom. The maximum absolute atomic E-state index is 12.0. The van der Waals surface area contributed by atoms with E-state index in [4.69, 9.17) is 22.1 Å². The molecule has 1 aromatic heterocycles. The fourth-order valence-corrected chi connectivity index (χ4v) is 2.44. The van der Waals surface area contributed by atoms with Gasteiger partial charge < -0.3 is 20.8 Å². The highest BCUT2D eigenvalue weighted by Gasteiger charge is 2.15. The number of aromatic nitrogens is 2. The second-order valence-electron chi connectivity index (χ2n) is 4.44. The van der Waals surface area contributed by atoms with Crippen LogP contribution in [0, 0.1) is 0 Å². The standard InChI is InChI=1S/C13H14BrClN4O3/c14-7-5-8-10(13(21)19-6-18-8)12(11(7)15)22-4-3-17-2-1-9(16)20/h5-6,17H,1-4H2,(H2,16,20)(H,18,19,21). The number of nitrogens with zero attached hydrogens (tertiary/aromatic N) is 1. The van der Waals surface area contributed by atoms with E-state index < -0.39 is 0 Å². The van der Waals surface area contributed by atoms with Crippen molar-refractivity contribution in [3.05, 3.63) is 32.2 Å². The van der Waals surface area contributed by atoms with Crippen LogP contribution >= 0.6 is 27.5 Å². The molecule has 0 unspecified atom stereocenters. The van der Waals surface area contributed by atoms with Gasteiger partial charge in [0.2, 0.25) is 5.91 Å². The van der Waals surface area contributed by atoms with E-state index in [-0.39, 0.29) is 30.2 Å². The first-order valence-electron chi connectivity index (χ1n) is 6.48. The lowest BCUT2D eigenvalue weighted by molar-refractivity contribution is -0.117. The number of amides is 1. The van der Waals surface area contributed by atoms with Gasteiger partial charge in [-0.25, -0.2) is 4.98 Å². The Morgan fingerprint density at radius 2 is 2.27 bits per heavy atom. The van der Waals surface area contributed by atoms with Crippen LogP contribution in [0.15, 0.2) is 21.7 Å². The monoisotopic (exact) mass is 388 g/mol. The SMILES string of the molecule is NC(=O)CCNCCOc1c(Cl)c(Br)cc2nc[nH]c(=O)c12. The van der Waals surface area contributed by atoms with Gasteiger partial charge in [0.05, 0.1) is 16.9 Å². The molecular formula is C13H14BrClN4O3. The predicted octanol–water partition coefficient (Wildman–Crippen LogP) is 1.18. The van der Waals surface area contributed by atoms with E-state index in [1.54, 1.807) is 6.07 Å². The first-order chi connectivity index (χ1) is 10.5. The van der Waals surface area contributed by atoms with Crippen molar-refractivity contribution in [2.75, 3.05) is 19.7 Å². The zero-order valence-corrected chi connectivity index (χ0v) is 13.8. The molecule has 0 radical (unpaired) electrons. The average molecular weight is 390 g/mol. The van der Waals surface area contributed by atoms with Crippen LogP contribution in [-0.4, -0.2) is 35.6 Å². The van der Waals surface area contributed by atoms with Crippen LogP contribution in [0.3, 0.4) is 0 Å². The summed E-state index contributed by atoms with van der Waals surface area (Å²) in [6.45, 7) is 1.22. The summed E-state index contributed by atoms with van der Waals surface area (Å²) in [5.74, 6) is -0.0934. The summed E-state index contributed by atoms with van der Waals surface area (Å²) in [4.78, 5) is 29.1. The fourth-order valence-electron chi connectivity index (χ4n) is 1.84. The Balaban J connectivity index is 2.12. The lowest BCUT2D eigenvalue weighted by atomic mass is 10.2. The number of carbonyl (C=O) groups is 1. The molecule has 2 rings (SSSR count). The van der Waals surface area contributed by atoms with Gasteiger partial charge in [0.25, 0.3) is 5.56 Å². The summed E-state index contributed by atoms with van der Waals surface area (Å²) in [7, 11) is 0. The number of nitrogens with two attached hydrogens (primary N) is 1. The molecule has 0 aliphatic heterocycles. The van der Waals surface area contributed by atoms with E-state index in [2.05, 4.69) is 31.2 Å². The van der Waals surface area contributed by atoms with Gasteiger partial charge in [0.1, 0.15) is 12.0 Å². The van der Waals surface area contributed by atoms with Gasteiger partial charge in [0.15, 0.2) is 5.75 Å². The number of aromatic amines is 1. The summed E-state index contributed by atoms with van der Waals surface area (Å²) >= 11 is 9.50. The minimum absolute atomic E-state index is 0.254. The second-order valence-corrected chi connectivity index (χ2v) is 5.67. The molecule has 1 aromatic carbocycles. The van der Waals surface area contributed by atoms with E-state index in [0.29, 0.717) is 33.5 Å². The first kappa shape index (κ1) is 16.7. The van der Waals surface area contributed by atoms with E-state index in [0.717, 1.165) is 0 Å². The Kier molecular flexibility index (Phi) is 5.76. The number of fused-ring (bicyclic) bond motifs is 1. The van der Waals surface area contributed by atoms with Gasteiger partial charge in [-0.2, -0.15) is 0 Å². The van der Waals surface area contributed by atoms with Crippen LogP contribution in [-0.2, 0) is 4.79 Å². The molecule has 0 atom stereocenters. The maximum Gasteiger partial charge on any atom is 0.262 e. The van der Waals surface area contributed by atoms with Crippen molar-refractivity contribution >= 4 is 44.3 Å². The molecule has 0 saturated carbocycles. The minimum Gasteiger partial charge on any atom is -0.490 e. The summed E-state index contributed by atoms with van der Waals surface area (Å²) in [5.41, 5.74) is 5.20. The van der Waals surface area contributed by atoms with Crippen LogP contribution in [0.1, 0.15) is 6.42 Å². The van der Waals surface area contributed by atoms with E-state index in [1.807, 2.05) is 0 Å². The van der Waals surface area contributed by atoms with Gasteiger partial charge >= 0.3 is 0 Å². The molecule has 9 heteroatoms. The Morgan fingerprint density at radius 1 is 1.50 bits per heavy atom. The fraction of sp³-hybridized carbons (Fsp3) is 0.308. The number of rotatable bonds is 7. The molecular weight excluding hydrogens is 376 g/mol. The molecule has 118 valence electrons. The summed E-state index contributed by atoms with van der Waals surface area (Å²) < 4.78 is 6.21. The molecule has 0 fully saturated rings. The van der Waals surface area contributed by atoms with Crippen LogP contribution in [0.5, 0.6) is 5.75 Å². The van der Waals surface area contributed by atoms with Crippen LogP contribution in [0.2, 0.25) is 5.02 Å². The second kappa shape index (κ2) is 7.57. The molecule has 0 bridgehead atoms. The molecule has 2 aromatic rings. The lowest BCUT2D eigenvalue weighted by Gasteiger charge is -2.12. The molecule has 0 spiro atoms. The van der Waals surface area contributed by atoms with Gasteiger partial charge in [-0.3, -0.25) is 9.59 Å². The molecule has 0 saturated heterocycles. The molecule has 0 aliphatic carbocycles. The molecule has 4 N–H and O–H groups in total. The number of nitrogens with one attached hydrogen (secondary N) is 2. The highest BCUT2D eigenvalue weighted by molar-refractivity contribution is 9.10. The zero-order valence-electron chi connectivity index (χ0n) is 11.5. The van der Waals surface area contributed by atoms with Crippen molar-refractivity contribution in [1.29, 1.82) is 0 Å². The third-order valence-corrected chi connectivity index (χ3v) is 4.08. The third-order valence-electron chi connectivity index (χ3n) is 2.86. The molecule has 1 heterocycles. The number of hydrogen-bond donors (Lipinski definition) is 3. The van der Waals surface area contributed by atoms with Crippen molar-refractivity contribution in [1.82, 2.24) is 15.3 Å². The third kappa shape index (κ3) is 3.96. The van der Waals surface area contributed by atoms with Gasteiger partial charge in [0, 0.05) is 24.0 Å². The summed E-state index contributed by atoms with van der Waals surface area (Å²) in [5, 5.41) is 3.61. The Bertz CT molecular complexity index is 750. The Hall–Kier alpha value is -1.64. The Labute approximate surface area is 139 Å². The molecule has 1 amide bonds. The van der Waals surface area contributed by atoms with Crippen molar-refractivity contribution < 1.29 is 9.53 Å². The summed E-state index contributed by atoms with van der Waals surface area (Å²) in [6, 6.07) is 1.66. The topological polar surface area (TPSA) is 110 Å². The van der Waals surface area contributed by atoms with E-state index in [9.17, 15) is 9.59 Å². The number of ether oxygens (including phenoxy) is 1. The number of H-pyrrole nitrogens is 1. The van der Waals surface area contributed by atoms with Crippen molar-refractivity contribution in [2.45, 2.75) is 6.42 Å². The largest absolute Gasteiger partial charge is 0.490 e. The van der Waals surface area contributed by atoms with Gasteiger partial charge in [-0.15, -0.1) is 0 Å². The highest BCUT2D eigenvalue weighted by atomic mass is 79.9. The summed E-state index contributed by atoms with van der Waals surface area (Å²) in [6.07, 6.45) is 1.57. The molecule has 7 nitrogen and oxygen atoms in total. The molecule has 22 heavy (non-hydrogen) atoms. The number of primary amides is 1. The van der Waals surface area contributed by atoms with Crippen molar-refractivity contribution in [3.63, 3.8) is 0 Å². The van der Waals surface area contributed by atoms with E-state index in [1.165, 1.54) is 6.33 Å². The predicted molar refractivity (Wildman–Crippen MR) is 87.2 cm³/mol.